The first-order valence-corrected chi connectivity index (χ1v) is 7.35. The third-order valence-corrected chi connectivity index (χ3v) is 4.25. The fourth-order valence-corrected chi connectivity index (χ4v) is 3.02. The highest BCUT2D eigenvalue weighted by Gasteiger charge is 2.32. The van der Waals surface area contributed by atoms with E-state index in [1.54, 1.807) is 0 Å². The highest BCUT2D eigenvalue weighted by atomic mass is 35.5. The normalized spacial score (nSPS) is 17.2. The second-order valence-corrected chi connectivity index (χ2v) is 5.80. The van der Waals surface area contributed by atoms with Crippen molar-refractivity contribution in [3.63, 3.8) is 0 Å². The van der Waals surface area contributed by atoms with Gasteiger partial charge in [-0.3, -0.25) is 4.68 Å². The van der Waals surface area contributed by atoms with Gasteiger partial charge in [-0.2, -0.15) is 5.10 Å². The van der Waals surface area contributed by atoms with Gasteiger partial charge in [0, 0.05) is 12.5 Å². The van der Waals surface area contributed by atoms with Gasteiger partial charge in [-0.25, -0.2) is 4.39 Å². The average Bonchev–Trinajstić information content (AvgIpc) is 3.25. The minimum absolute atomic E-state index is 0. The molecule has 0 unspecified atom stereocenters. The van der Waals surface area contributed by atoms with Crippen molar-refractivity contribution >= 4 is 12.4 Å². The standard InChI is InChI=1S/C16H18FN3.ClH/c17-13-5-1-11(2-6-13)10-20-15-9-18-8-7-14(15)16(19-20)12-3-4-12;/h1-2,5-6,12,18H,3-4,7-10H2;1H. The van der Waals surface area contributed by atoms with Crippen molar-refractivity contribution in [1.29, 1.82) is 0 Å². The van der Waals surface area contributed by atoms with Crippen molar-refractivity contribution in [3.8, 4) is 0 Å². The van der Waals surface area contributed by atoms with Gasteiger partial charge in [0.1, 0.15) is 5.82 Å². The van der Waals surface area contributed by atoms with Crippen LogP contribution in [0.25, 0.3) is 0 Å². The van der Waals surface area contributed by atoms with Gasteiger partial charge in [0.2, 0.25) is 0 Å². The summed E-state index contributed by atoms with van der Waals surface area (Å²) < 4.78 is 15.1. The van der Waals surface area contributed by atoms with E-state index in [0.29, 0.717) is 5.92 Å². The van der Waals surface area contributed by atoms with Crippen molar-refractivity contribution in [2.75, 3.05) is 6.54 Å². The van der Waals surface area contributed by atoms with Crippen LogP contribution in [0.5, 0.6) is 0 Å². The van der Waals surface area contributed by atoms with E-state index in [4.69, 9.17) is 5.10 Å². The Hall–Kier alpha value is -1.39. The smallest absolute Gasteiger partial charge is 0.123 e. The maximum Gasteiger partial charge on any atom is 0.123 e. The van der Waals surface area contributed by atoms with Gasteiger partial charge >= 0.3 is 0 Å². The minimum Gasteiger partial charge on any atom is -0.311 e. The van der Waals surface area contributed by atoms with Crippen molar-refractivity contribution in [3.05, 3.63) is 52.6 Å². The lowest BCUT2D eigenvalue weighted by Crippen LogP contribution is -2.25. The van der Waals surface area contributed by atoms with Gasteiger partial charge in [-0.15, -0.1) is 12.4 Å². The lowest BCUT2D eigenvalue weighted by molar-refractivity contribution is 0.569. The number of hydrogen-bond acceptors (Lipinski definition) is 2. The van der Waals surface area contributed by atoms with Crippen LogP contribution < -0.4 is 5.32 Å². The lowest BCUT2D eigenvalue weighted by Gasteiger charge is -2.15. The van der Waals surface area contributed by atoms with Gasteiger partial charge in [0.05, 0.1) is 17.9 Å². The lowest BCUT2D eigenvalue weighted by atomic mass is 10.0. The number of nitrogens with zero attached hydrogens (tertiary/aromatic N) is 2. The zero-order valence-corrected chi connectivity index (χ0v) is 12.6. The number of hydrogen-bond donors (Lipinski definition) is 1. The molecular formula is C16H19ClFN3. The predicted octanol–water partition coefficient (Wildman–Crippen LogP) is 3.02. The predicted molar refractivity (Wildman–Crippen MR) is 82.4 cm³/mol. The second kappa shape index (κ2) is 5.78. The summed E-state index contributed by atoms with van der Waals surface area (Å²) in [6.45, 7) is 2.68. The summed E-state index contributed by atoms with van der Waals surface area (Å²) in [6.07, 6.45) is 3.66. The number of halogens is 2. The molecule has 2 aromatic rings. The van der Waals surface area contributed by atoms with Crippen molar-refractivity contribution in [1.82, 2.24) is 15.1 Å². The monoisotopic (exact) mass is 307 g/mol. The van der Waals surface area contributed by atoms with E-state index >= 15 is 0 Å². The van der Waals surface area contributed by atoms with E-state index < -0.39 is 0 Å². The molecule has 1 fully saturated rings. The van der Waals surface area contributed by atoms with Crippen LogP contribution >= 0.6 is 12.4 Å². The molecule has 1 aliphatic carbocycles. The quantitative estimate of drug-likeness (QED) is 0.944. The summed E-state index contributed by atoms with van der Waals surface area (Å²) in [5.41, 5.74) is 5.21. The SMILES string of the molecule is Cl.Fc1ccc(Cn2nc(C3CC3)c3c2CNCC3)cc1. The Balaban J connectivity index is 0.00000132. The Morgan fingerprint density at radius 1 is 1.24 bits per heavy atom. The molecule has 2 aliphatic rings. The third-order valence-electron chi connectivity index (χ3n) is 4.25. The van der Waals surface area contributed by atoms with E-state index in [-0.39, 0.29) is 18.2 Å². The largest absolute Gasteiger partial charge is 0.311 e. The molecule has 5 heteroatoms. The number of nitrogens with one attached hydrogen (secondary N) is 1. The van der Waals surface area contributed by atoms with E-state index in [9.17, 15) is 4.39 Å². The van der Waals surface area contributed by atoms with Gasteiger partial charge in [-0.1, -0.05) is 12.1 Å². The summed E-state index contributed by atoms with van der Waals surface area (Å²) in [7, 11) is 0. The van der Waals surface area contributed by atoms with Crippen LogP contribution in [0.2, 0.25) is 0 Å². The molecule has 0 amide bonds. The molecule has 0 bridgehead atoms. The third kappa shape index (κ3) is 2.83. The fourth-order valence-electron chi connectivity index (χ4n) is 3.02. The summed E-state index contributed by atoms with van der Waals surface area (Å²) in [5, 5.41) is 8.28. The van der Waals surface area contributed by atoms with Crippen LogP contribution in [-0.2, 0) is 19.5 Å². The van der Waals surface area contributed by atoms with Crippen molar-refractivity contribution < 1.29 is 4.39 Å². The van der Waals surface area contributed by atoms with Gasteiger partial charge in [0.15, 0.2) is 0 Å². The Labute approximate surface area is 130 Å². The molecule has 21 heavy (non-hydrogen) atoms. The molecule has 2 heterocycles. The molecule has 1 aliphatic heterocycles. The van der Waals surface area contributed by atoms with E-state index in [1.165, 1.54) is 41.9 Å². The minimum atomic E-state index is -0.184. The molecule has 1 saturated carbocycles. The molecule has 0 radical (unpaired) electrons. The first-order valence-electron chi connectivity index (χ1n) is 7.35. The maximum atomic E-state index is 13.0. The fraction of sp³-hybridized carbons (Fsp3) is 0.438. The number of fused-ring (bicyclic) bond motifs is 1. The van der Waals surface area contributed by atoms with Crippen LogP contribution in [0.3, 0.4) is 0 Å². The topological polar surface area (TPSA) is 29.9 Å². The van der Waals surface area contributed by atoms with Crippen LogP contribution in [0.4, 0.5) is 4.39 Å². The van der Waals surface area contributed by atoms with Crippen LogP contribution in [0.15, 0.2) is 24.3 Å². The molecule has 1 aromatic heterocycles. The molecule has 112 valence electrons. The zero-order chi connectivity index (χ0) is 13.5. The molecule has 1 N–H and O–H groups in total. The Kier molecular flexibility index (Phi) is 4.00. The molecule has 0 saturated heterocycles. The molecule has 0 spiro atoms. The molecule has 4 rings (SSSR count). The van der Waals surface area contributed by atoms with E-state index in [1.807, 2.05) is 12.1 Å². The Morgan fingerprint density at radius 3 is 2.71 bits per heavy atom. The van der Waals surface area contributed by atoms with E-state index in [0.717, 1.165) is 31.6 Å². The summed E-state index contributed by atoms with van der Waals surface area (Å²) in [6, 6.07) is 6.73. The zero-order valence-electron chi connectivity index (χ0n) is 11.8. The highest BCUT2D eigenvalue weighted by molar-refractivity contribution is 5.85. The molecule has 0 atom stereocenters. The molecular weight excluding hydrogens is 289 g/mol. The van der Waals surface area contributed by atoms with Crippen LogP contribution in [0.1, 0.15) is 41.3 Å². The Bertz CT molecular complexity index is 632. The van der Waals surface area contributed by atoms with Gasteiger partial charge < -0.3 is 5.32 Å². The van der Waals surface area contributed by atoms with Crippen LogP contribution in [-0.4, -0.2) is 16.3 Å². The highest BCUT2D eigenvalue weighted by Crippen LogP contribution is 2.42. The first kappa shape index (κ1) is 14.5. The van der Waals surface area contributed by atoms with Gasteiger partial charge in [0.25, 0.3) is 0 Å². The second-order valence-electron chi connectivity index (χ2n) is 5.80. The van der Waals surface area contributed by atoms with Crippen molar-refractivity contribution in [2.45, 2.75) is 38.3 Å². The van der Waals surface area contributed by atoms with Gasteiger partial charge in [-0.05, 0) is 49.1 Å². The maximum absolute atomic E-state index is 13.0. The summed E-state index contributed by atoms with van der Waals surface area (Å²) in [5.74, 6) is 0.507. The van der Waals surface area contributed by atoms with Crippen LogP contribution in [0, 0.1) is 5.82 Å². The Morgan fingerprint density at radius 2 is 2.00 bits per heavy atom. The summed E-state index contributed by atoms with van der Waals surface area (Å²) in [4.78, 5) is 0. The number of rotatable bonds is 3. The number of benzene rings is 1. The molecule has 3 nitrogen and oxygen atoms in total. The average molecular weight is 308 g/mol. The number of aromatic nitrogens is 2. The van der Waals surface area contributed by atoms with Crippen molar-refractivity contribution in [2.24, 2.45) is 0 Å². The summed E-state index contributed by atoms with van der Waals surface area (Å²) >= 11 is 0. The van der Waals surface area contributed by atoms with E-state index in [2.05, 4.69) is 10.00 Å². The molecule has 1 aromatic carbocycles. The first-order chi connectivity index (χ1) is 9.81.